The first kappa shape index (κ1) is 28.2. The Morgan fingerprint density at radius 1 is 1.09 bits per heavy atom. The summed E-state index contributed by atoms with van der Waals surface area (Å²) in [6.45, 7) is 6.91. The van der Waals surface area contributed by atoms with Crippen LogP contribution in [0.4, 0.5) is 0 Å². The van der Waals surface area contributed by atoms with E-state index < -0.39 is 19.3 Å². The van der Waals surface area contributed by atoms with Gasteiger partial charge in [-0.05, 0) is 31.6 Å². The van der Waals surface area contributed by atoms with Crippen molar-refractivity contribution in [2.24, 2.45) is 0 Å². The molecule has 1 atom stereocenters. The van der Waals surface area contributed by atoms with Crippen LogP contribution in [0, 0.1) is 11.3 Å². The van der Waals surface area contributed by atoms with E-state index in [1.54, 1.807) is 18.4 Å². The van der Waals surface area contributed by atoms with Gasteiger partial charge >= 0.3 is 13.6 Å². The quantitative estimate of drug-likeness (QED) is 0.114. The summed E-state index contributed by atoms with van der Waals surface area (Å²) in [6.07, 6.45) is 3.02. The third-order valence-electron chi connectivity index (χ3n) is 4.06. The lowest BCUT2D eigenvalue weighted by atomic mass is 10.2. The Kier molecular flexibility index (Phi) is 14.0. The monoisotopic (exact) mass is 484 g/mol. The van der Waals surface area contributed by atoms with Gasteiger partial charge in [0.15, 0.2) is 11.4 Å². The van der Waals surface area contributed by atoms with E-state index in [-0.39, 0.29) is 37.0 Å². The summed E-state index contributed by atoms with van der Waals surface area (Å²) >= 11 is 1.14. The highest BCUT2D eigenvalue weighted by Gasteiger charge is 2.38. The molecule has 0 saturated heterocycles. The minimum atomic E-state index is -3.70. The molecule has 0 amide bonds. The third kappa shape index (κ3) is 8.97. The molecule has 0 aliphatic heterocycles. The molecule has 1 N–H and O–H groups in total. The molecule has 0 fully saturated rings. The maximum atomic E-state index is 13.9. The van der Waals surface area contributed by atoms with Gasteiger partial charge in [-0.2, -0.15) is 5.26 Å². The lowest BCUT2D eigenvalue weighted by Gasteiger charge is -2.29. The number of nitrogens with one attached hydrogen (secondary N) is 1. The molecule has 8 nitrogen and oxygen atoms in total. The molecule has 0 bridgehead atoms. The fraction of sp³-hybridized carbons (Fsp3) is 0.545. The van der Waals surface area contributed by atoms with Crippen LogP contribution < -0.4 is 5.32 Å². The number of hydrogen-bond donors (Lipinski definition) is 1. The van der Waals surface area contributed by atoms with E-state index in [4.69, 9.17) is 18.5 Å². The maximum Gasteiger partial charge on any atom is 0.357 e. The number of carbonyl (C=O) groups excluding carboxylic acids is 1. The van der Waals surface area contributed by atoms with E-state index in [0.29, 0.717) is 25.0 Å². The number of ether oxygens (including phenoxy) is 2. The van der Waals surface area contributed by atoms with Gasteiger partial charge < -0.3 is 23.8 Å². The highest BCUT2D eigenvalue weighted by Crippen LogP contribution is 2.60. The van der Waals surface area contributed by atoms with Crippen LogP contribution in [0.25, 0.3) is 0 Å². The van der Waals surface area contributed by atoms with Crippen LogP contribution in [0.15, 0.2) is 40.9 Å². The first-order valence-corrected chi connectivity index (χ1v) is 13.4. The molecule has 0 aliphatic rings. The van der Waals surface area contributed by atoms with Gasteiger partial charge in [-0.25, -0.2) is 4.79 Å². The lowest BCUT2D eigenvalue weighted by Crippen LogP contribution is -2.25. The van der Waals surface area contributed by atoms with Crippen molar-refractivity contribution in [3.8, 4) is 6.07 Å². The molecular formula is C22H33N2O6PS. The largest absolute Gasteiger partial charge is 0.459 e. The van der Waals surface area contributed by atoms with E-state index in [1.807, 2.05) is 45.0 Å². The van der Waals surface area contributed by atoms with Gasteiger partial charge in [0.1, 0.15) is 12.7 Å². The number of esters is 1. The lowest BCUT2D eigenvalue weighted by molar-refractivity contribution is -0.140. The molecule has 0 saturated carbocycles. The zero-order valence-electron chi connectivity index (χ0n) is 19.2. The van der Waals surface area contributed by atoms with Gasteiger partial charge in [0.05, 0.1) is 24.8 Å². The number of benzene rings is 1. The minimum absolute atomic E-state index is 0.0271. The molecule has 32 heavy (non-hydrogen) atoms. The first-order chi connectivity index (χ1) is 15.5. The van der Waals surface area contributed by atoms with Crippen LogP contribution in [-0.4, -0.2) is 45.3 Å². The second-order valence-electron chi connectivity index (χ2n) is 6.52. The van der Waals surface area contributed by atoms with Crippen LogP contribution >= 0.6 is 19.4 Å². The van der Waals surface area contributed by atoms with Crippen molar-refractivity contribution in [3.63, 3.8) is 0 Å². The molecule has 1 unspecified atom stereocenters. The Morgan fingerprint density at radius 2 is 1.72 bits per heavy atom. The van der Waals surface area contributed by atoms with E-state index in [0.717, 1.165) is 11.8 Å². The second-order valence-corrected chi connectivity index (χ2v) is 9.45. The summed E-state index contributed by atoms with van der Waals surface area (Å²) in [4.78, 5) is 12.5. The normalized spacial score (nSPS) is 13.1. The Morgan fingerprint density at radius 3 is 2.22 bits per heavy atom. The van der Waals surface area contributed by atoms with Gasteiger partial charge in [-0.1, -0.05) is 44.2 Å². The molecule has 1 aromatic carbocycles. The van der Waals surface area contributed by atoms with Gasteiger partial charge in [0, 0.05) is 6.61 Å². The van der Waals surface area contributed by atoms with Crippen molar-refractivity contribution >= 4 is 25.3 Å². The molecule has 0 heterocycles. The van der Waals surface area contributed by atoms with Crippen LogP contribution in [0.1, 0.15) is 45.0 Å². The second kappa shape index (κ2) is 15.9. The summed E-state index contributed by atoms with van der Waals surface area (Å²) < 4.78 is 35.6. The van der Waals surface area contributed by atoms with Crippen molar-refractivity contribution in [2.45, 2.75) is 39.4 Å². The number of thioether (sulfide) groups is 1. The number of nitriles is 1. The molecule has 0 aromatic heterocycles. The van der Waals surface area contributed by atoms with Crippen LogP contribution in [0.3, 0.4) is 0 Å². The van der Waals surface area contributed by atoms with Crippen LogP contribution in [-0.2, 0) is 27.9 Å². The van der Waals surface area contributed by atoms with E-state index in [1.165, 1.54) is 0 Å². The van der Waals surface area contributed by atoms with Gasteiger partial charge in [-0.15, -0.1) is 11.8 Å². The SMILES string of the molecule is CCCOP(=O)(OCCC)C(N/C(SC)=C(/C#N)C(=O)OCCOCC)c1ccccc1. The minimum Gasteiger partial charge on any atom is -0.459 e. The van der Waals surface area contributed by atoms with Crippen molar-refractivity contribution in [1.29, 1.82) is 5.26 Å². The average Bonchev–Trinajstić information content (AvgIpc) is 2.82. The first-order valence-electron chi connectivity index (χ1n) is 10.6. The fourth-order valence-corrected chi connectivity index (χ4v) is 5.29. The molecule has 0 radical (unpaired) electrons. The number of carbonyl (C=O) groups is 1. The van der Waals surface area contributed by atoms with Crippen molar-refractivity contribution in [1.82, 2.24) is 5.32 Å². The number of hydrogen-bond acceptors (Lipinski definition) is 9. The van der Waals surface area contributed by atoms with Crippen molar-refractivity contribution in [3.05, 3.63) is 46.5 Å². The molecule has 1 rings (SSSR count). The zero-order chi connectivity index (χ0) is 23.8. The number of nitrogens with zero attached hydrogens (tertiary/aromatic N) is 1. The third-order valence-corrected chi connectivity index (χ3v) is 6.94. The Hall–Kier alpha value is -1.82. The molecule has 10 heteroatoms. The summed E-state index contributed by atoms with van der Waals surface area (Å²) in [5.74, 6) is -1.70. The predicted molar refractivity (Wildman–Crippen MR) is 126 cm³/mol. The summed E-state index contributed by atoms with van der Waals surface area (Å²) in [5, 5.41) is 13.0. The number of rotatable bonds is 16. The molecular weight excluding hydrogens is 451 g/mol. The van der Waals surface area contributed by atoms with E-state index >= 15 is 0 Å². The highest BCUT2D eigenvalue weighted by molar-refractivity contribution is 8.02. The Balaban J connectivity index is 3.33. The van der Waals surface area contributed by atoms with Crippen molar-refractivity contribution in [2.75, 3.05) is 39.3 Å². The Bertz CT molecular complexity index is 800. The molecule has 1 aromatic rings. The predicted octanol–water partition coefficient (Wildman–Crippen LogP) is 5.00. The van der Waals surface area contributed by atoms with Gasteiger partial charge in [-0.3, -0.25) is 4.57 Å². The molecule has 178 valence electrons. The fourth-order valence-electron chi connectivity index (χ4n) is 2.56. The van der Waals surface area contributed by atoms with Crippen LogP contribution in [0.5, 0.6) is 0 Å². The average molecular weight is 485 g/mol. The summed E-state index contributed by atoms with van der Waals surface area (Å²) in [5.41, 5.74) is 0.434. The standard InChI is InChI=1S/C22H33N2O6PS/c1-5-13-29-31(26,30-14-6-2)20(18-11-9-8-10-12-18)24-21(32-4)19(17-23)22(25)28-16-15-27-7-3/h8-12,20,24H,5-7,13-16H2,1-4H3/b21-19+. The Labute approximate surface area is 195 Å². The molecule has 0 spiro atoms. The van der Waals surface area contributed by atoms with Gasteiger partial charge in [0.25, 0.3) is 0 Å². The summed E-state index contributed by atoms with van der Waals surface area (Å²) in [7, 11) is -3.70. The zero-order valence-corrected chi connectivity index (χ0v) is 20.9. The van der Waals surface area contributed by atoms with Crippen molar-refractivity contribution < 1.29 is 27.9 Å². The molecule has 0 aliphatic carbocycles. The highest BCUT2D eigenvalue weighted by atomic mass is 32.2. The van der Waals surface area contributed by atoms with E-state index in [9.17, 15) is 14.6 Å². The van der Waals surface area contributed by atoms with Gasteiger partial charge in [0.2, 0.25) is 0 Å². The summed E-state index contributed by atoms with van der Waals surface area (Å²) in [6, 6.07) is 10.9. The smallest absolute Gasteiger partial charge is 0.357 e. The topological polar surface area (TPSA) is 107 Å². The van der Waals surface area contributed by atoms with E-state index in [2.05, 4.69) is 5.32 Å². The maximum absolute atomic E-state index is 13.9. The van der Waals surface area contributed by atoms with Crippen LogP contribution in [0.2, 0.25) is 0 Å².